The Kier molecular flexibility index (Phi) is 4.34. The first-order valence-electron chi connectivity index (χ1n) is 8.72. The van der Waals surface area contributed by atoms with E-state index in [9.17, 15) is 14.4 Å². The highest BCUT2D eigenvalue weighted by Gasteiger charge is 2.50. The molecule has 0 aromatic carbocycles. The van der Waals surface area contributed by atoms with Crippen LogP contribution in [0.25, 0.3) is 0 Å². The van der Waals surface area contributed by atoms with E-state index in [1.54, 1.807) is 0 Å². The van der Waals surface area contributed by atoms with Gasteiger partial charge in [-0.1, -0.05) is 6.92 Å². The predicted octanol–water partition coefficient (Wildman–Crippen LogP) is 1.39. The van der Waals surface area contributed by atoms with E-state index >= 15 is 0 Å². The van der Waals surface area contributed by atoms with Gasteiger partial charge in [-0.2, -0.15) is 0 Å². The molecule has 1 aliphatic heterocycles. The molecule has 0 spiro atoms. The molecule has 128 valence electrons. The summed E-state index contributed by atoms with van der Waals surface area (Å²) in [4.78, 5) is 37.6. The fourth-order valence-corrected chi connectivity index (χ4v) is 3.83. The van der Waals surface area contributed by atoms with E-state index in [0.29, 0.717) is 19.4 Å². The maximum Gasteiger partial charge on any atom is 0.311 e. The molecule has 2 N–H and O–H groups in total. The zero-order valence-electron chi connectivity index (χ0n) is 13.7. The molecule has 23 heavy (non-hydrogen) atoms. The third-order valence-corrected chi connectivity index (χ3v) is 5.86. The van der Waals surface area contributed by atoms with Crippen molar-refractivity contribution in [3.63, 3.8) is 0 Å². The lowest BCUT2D eigenvalue weighted by Crippen LogP contribution is -2.41. The molecule has 1 saturated heterocycles. The molecule has 2 aliphatic carbocycles. The first-order chi connectivity index (χ1) is 10.9. The van der Waals surface area contributed by atoms with Crippen LogP contribution in [0.15, 0.2) is 0 Å². The lowest BCUT2D eigenvalue weighted by Gasteiger charge is -2.33. The largest absolute Gasteiger partial charge is 0.481 e. The zero-order chi connectivity index (χ0) is 16.6. The van der Waals surface area contributed by atoms with Crippen LogP contribution in [0.3, 0.4) is 0 Å². The van der Waals surface area contributed by atoms with Crippen molar-refractivity contribution >= 4 is 17.8 Å². The summed E-state index contributed by atoms with van der Waals surface area (Å²) in [6, 6.07) is 0.283. The molecule has 1 unspecified atom stereocenters. The van der Waals surface area contributed by atoms with E-state index in [2.05, 4.69) is 12.2 Å². The van der Waals surface area contributed by atoms with Crippen molar-refractivity contribution in [2.45, 2.75) is 57.9 Å². The van der Waals surface area contributed by atoms with Gasteiger partial charge < -0.3 is 15.3 Å². The summed E-state index contributed by atoms with van der Waals surface area (Å²) in [6.07, 6.45) is 5.86. The number of nitrogens with zero attached hydrogens (tertiary/aromatic N) is 1. The monoisotopic (exact) mass is 322 g/mol. The van der Waals surface area contributed by atoms with E-state index in [1.165, 1.54) is 0 Å². The molecule has 3 aliphatic rings. The highest BCUT2D eigenvalue weighted by Crippen LogP contribution is 2.45. The Morgan fingerprint density at radius 1 is 1.26 bits per heavy atom. The SMILES string of the molecule is CC1CCC(N2CC(C(=O)NCC3(C(=O)O)CC3)CC2=O)CC1. The predicted molar refractivity (Wildman–Crippen MR) is 83.6 cm³/mol. The summed E-state index contributed by atoms with van der Waals surface area (Å²) in [6.45, 7) is 2.92. The fourth-order valence-electron chi connectivity index (χ4n) is 3.83. The molecule has 1 heterocycles. The number of amides is 2. The molecule has 0 radical (unpaired) electrons. The van der Waals surface area contributed by atoms with Crippen LogP contribution in [0.4, 0.5) is 0 Å². The third kappa shape index (κ3) is 3.35. The highest BCUT2D eigenvalue weighted by molar-refractivity contribution is 5.90. The third-order valence-electron chi connectivity index (χ3n) is 5.86. The van der Waals surface area contributed by atoms with Gasteiger partial charge in [-0.05, 0) is 44.4 Å². The lowest BCUT2D eigenvalue weighted by atomic mass is 9.87. The number of carbonyl (C=O) groups is 3. The molecular weight excluding hydrogens is 296 g/mol. The van der Waals surface area contributed by atoms with Gasteiger partial charge in [0.2, 0.25) is 11.8 Å². The van der Waals surface area contributed by atoms with Gasteiger partial charge in [-0.3, -0.25) is 14.4 Å². The van der Waals surface area contributed by atoms with E-state index in [-0.39, 0.29) is 36.7 Å². The first kappa shape index (κ1) is 16.3. The van der Waals surface area contributed by atoms with Crippen molar-refractivity contribution in [1.29, 1.82) is 0 Å². The Balaban J connectivity index is 1.51. The molecule has 2 saturated carbocycles. The highest BCUT2D eigenvalue weighted by atomic mass is 16.4. The maximum atomic E-state index is 12.3. The van der Waals surface area contributed by atoms with Crippen molar-refractivity contribution in [3.8, 4) is 0 Å². The number of hydrogen-bond acceptors (Lipinski definition) is 3. The van der Waals surface area contributed by atoms with E-state index in [0.717, 1.165) is 31.6 Å². The molecule has 0 bridgehead atoms. The summed E-state index contributed by atoms with van der Waals surface area (Å²) >= 11 is 0. The van der Waals surface area contributed by atoms with Crippen LogP contribution in [0.2, 0.25) is 0 Å². The van der Waals surface area contributed by atoms with Crippen LogP contribution in [0.1, 0.15) is 51.9 Å². The molecule has 1 atom stereocenters. The van der Waals surface area contributed by atoms with E-state index < -0.39 is 11.4 Å². The number of carboxylic acids is 1. The smallest absolute Gasteiger partial charge is 0.311 e. The van der Waals surface area contributed by atoms with Crippen LogP contribution >= 0.6 is 0 Å². The molecular formula is C17H26N2O4. The minimum Gasteiger partial charge on any atom is -0.481 e. The van der Waals surface area contributed by atoms with Crippen LogP contribution in [-0.4, -0.2) is 46.9 Å². The van der Waals surface area contributed by atoms with Crippen molar-refractivity contribution in [2.24, 2.45) is 17.3 Å². The number of aliphatic carboxylic acids is 1. The Morgan fingerprint density at radius 2 is 1.91 bits per heavy atom. The number of rotatable bonds is 5. The number of carboxylic acid groups (broad SMARTS) is 1. The van der Waals surface area contributed by atoms with Gasteiger partial charge in [0.05, 0.1) is 11.3 Å². The standard InChI is InChI=1S/C17H26N2O4/c1-11-2-4-13(5-3-11)19-9-12(8-14(19)20)15(21)18-10-17(6-7-17)16(22)23/h11-13H,2-10H2,1H3,(H,18,21)(H,22,23). The summed E-state index contributed by atoms with van der Waals surface area (Å²) < 4.78 is 0. The second-order valence-electron chi connectivity index (χ2n) is 7.66. The minimum atomic E-state index is -0.835. The Morgan fingerprint density at radius 3 is 2.48 bits per heavy atom. The quantitative estimate of drug-likeness (QED) is 0.801. The number of nitrogens with one attached hydrogen (secondary N) is 1. The lowest BCUT2D eigenvalue weighted by molar-refractivity contribution is -0.143. The maximum absolute atomic E-state index is 12.3. The summed E-state index contributed by atoms with van der Waals surface area (Å²) in [5.41, 5.74) is -0.753. The van der Waals surface area contributed by atoms with Gasteiger partial charge >= 0.3 is 5.97 Å². The van der Waals surface area contributed by atoms with Crippen molar-refractivity contribution < 1.29 is 19.5 Å². The van der Waals surface area contributed by atoms with Crippen LogP contribution < -0.4 is 5.32 Å². The first-order valence-corrected chi connectivity index (χ1v) is 8.72. The molecule has 3 rings (SSSR count). The topological polar surface area (TPSA) is 86.7 Å². The number of carbonyl (C=O) groups excluding carboxylic acids is 2. The summed E-state index contributed by atoms with van der Waals surface area (Å²) in [5.74, 6) is -0.528. The molecule has 3 fully saturated rings. The molecule has 6 nitrogen and oxygen atoms in total. The normalized spacial score (nSPS) is 32.7. The molecule has 2 amide bonds. The Hall–Kier alpha value is -1.59. The number of hydrogen-bond donors (Lipinski definition) is 2. The fraction of sp³-hybridized carbons (Fsp3) is 0.824. The van der Waals surface area contributed by atoms with Crippen LogP contribution in [-0.2, 0) is 14.4 Å². The van der Waals surface area contributed by atoms with Crippen molar-refractivity contribution in [3.05, 3.63) is 0 Å². The summed E-state index contributed by atoms with van der Waals surface area (Å²) in [5, 5.41) is 11.9. The van der Waals surface area contributed by atoms with Gasteiger partial charge in [0.1, 0.15) is 0 Å². The van der Waals surface area contributed by atoms with Gasteiger partial charge in [-0.15, -0.1) is 0 Å². The minimum absolute atomic E-state index is 0.0732. The Labute approximate surface area is 136 Å². The van der Waals surface area contributed by atoms with Gasteiger partial charge in [0, 0.05) is 25.6 Å². The van der Waals surface area contributed by atoms with Gasteiger partial charge in [0.25, 0.3) is 0 Å². The van der Waals surface area contributed by atoms with E-state index in [1.807, 2.05) is 4.90 Å². The molecule has 0 aromatic rings. The zero-order valence-corrected chi connectivity index (χ0v) is 13.7. The van der Waals surface area contributed by atoms with Crippen LogP contribution in [0, 0.1) is 17.3 Å². The second kappa shape index (κ2) is 6.13. The molecule has 6 heteroatoms. The average Bonchev–Trinajstić information content (AvgIpc) is 3.22. The van der Waals surface area contributed by atoms with Crippen molar-refractivity contribution in [2.75, 3.05) is 13.1 Å². The van der Waals surface area contributed by atoms with Crippen molar-refractivity contribution in [1.82, 2.24) is 10.2 Å². The van der Waals surface area contributed by atoms with Gasteiger partial charge in [-0.25, -0.2) is 0 Å². The molecule has 0 aromatic heterocycles. The number of likely N-dealkylation sites (tertiary alicyclic amines) is 1. The Bertz CT molecular complexity index is 507. The van der Waals surface area contributed by atoms with E-state index in [4.69, 9.17) is 5.11 Å². The average molecular weight is 322 g/mol. The summed E-state index contributed by atoms with van der Waals surface area (Å²) in [7, 11) is 0. The van der Waals surface area contributed by atoms with Gasteiger partial charge in [0.15, 0.2) is 0 Å². The van der Waals surface area contributed by atoms with Crippen LogP contribution in [0.5, 0.6) is 0 Å². The second-order valence-corrected chi connectivity index (χ2v) is 7.66.